The lowest BCUT2D eigenvalue weighted by Gasteiger charge is -2.10. The van der Waals surface area contributed by atoms with Crippen molar-refractivity contribution in [3.05, 3.63) is 176 Å². The van der Waals surface area contributed by atoms with Crippen molar-refractivity contribution >= 4 is 32.9 Å². The van der Waals surface area contributed by atoms with E-state index in [1.54, 1.807) is 0 Å². The number of rotatable bonds is 6. The topological polar surface area (TPSA) is 69.6 Å². The van der Waals surface area contributed by atoms with E-state index in [0.717, 1.165) is 66.3 Å². The molecule has 0 N–H and O–H groups in total. The zero-order valence-electron chi connectivity index (χ0n) is 27.9. The summed E-state index contributed by atoms with van der Waals surface area (Å²) in [6, 6.07) is 60.6. The lowest BCUT2D eigenvalue weighted by Crippen LogP contribution is -2.00. The summed E-state index contributed by atoms with van der Waals surface area (Å²) in [5.74, 6) is 1.88. The lowest BCUT2D eigenvalue weighted by molar-refractivity contribution is 0.574. The first kappa shape index (κ1) is 29.7. The van der Waals surface area contributed by atoms with Crippen molar-refractivity contribution < 1.29 is 4.42 Å². The second kappa shape index (κ2) is 12.3. The molecule has 6 heteroatoms. The maximum absolute atomic E-state index is 6.25. The molecule has 0 bridgehead atoms. The van der Waals surface area contributed by atoms with E-state index < -0.39 is 0 Å². The van der Waals surface area contributed by atoms with Crippen LogP contribution < -0.4 is 0 Å². The van der Waals surface area contributed by atoms with Gasteiger partial charge in [-0.15, -0.1) is 0 Å². The molecule has 244 valence electrons. The molecular formula is C46H29N5O. The van der Waals surface area contributed by atoms with Crippen molar-refractivity contribution in [2.75, 3.05) is 0 Å². The first-order valence-corrected chi connectivity index (χ1v) is 17.2. The third-order valence-corrected chi connectivity index (χ3v) is 9.52. The third kappa shape index (κ3) is 5.22. The predicted octanol–water partition coefficient (Wildman–Crippen LogP) is 11.4. The number of hydrogen-bond acceptors (Lipinski definition) is 5. The zero-order valence-corrected chi connectivity index (χ0v) is 27.9. The molecule has 6 nitrogen and oxygen atoms in total. The van der Waals surface area contributed by atoms with Crippen LogP contribution in [-0.2, 0) is 0 Å². The Morgan fingerprint density at radius 2 is 0.865 bits per heavy atom. The molecule has 0 fully saturated rings. The average Bonchev–Trinajstić information content (AvgIpc) is 3.80. The summed E-state index contributed by atoms with van der Waals surface area (Å²) in [4.78, 5) is 19.8. The SMILES string of the molecule is c1ccc(-c2ccc(-c3nc(-c4ccccc4)nc(-c4cccc(-c5ccc6c(c5)c5ccccc5n6-c5nc6ccccc6o5)c4)n3)cc2)cc1. The van der Waals surface area contributed by atoms with Crippen LogP contribution in [0.25, 0.3) is 95.3 Å². The highest BCUT2D eigenvalue weighted by atomic mass is 16.4. The van der Waals surface area contributed by atoms with Gasteiger partial charge in [0.05, 0.1) is 11.0 Å². The lowest BCUT2D eigenvalue weighted by atomic mass is 10.0. The minimum absolute atomic E-state index is 0.553. The Morgan fingerprint density at radius 3 is 1.63 bits per heavy atom. The first-order valence-electron chi connectivity index (χ1n) is 17.2. The van der Waals surface area contributed by atoms with Crippen molar-refractivity contribution in [1.82, 2.24) is 24.5 Å². The van der Waals surface area contributed by atoms with Crippen LogP contribution in [0.4, 0.5) is 0 Å². The minimum Gasteiger partial charge on any atom is -0.423 e. The molecule has 0 unspecified atom stereocenters. The Hall–Kier alpha value is -7.18. The molecule has 0 aliphatic rings. The number of aromatic nitrogens is 5. The summed E-state index contributed by atoms with van der Waals surface area (Å²) >= 11 is 0. The Bertz CT molecular complexity index is 2860. The van der Waals surface area contributed by atoms with Crippen LogP contribution in [0.15, 0.2) is 180 Å². The van der Waals surface area contributed by atoms with Gasteiger partial charge in [0.25, 0.3) is 0 Å². The number of nitrogens with zero attached hydrogens (tertiary/aromatic N) is 5. The smallest absolute Gasteiger partial charge is 0.307 e. The number of benzene rings is 7. The second-order valence-electron chi connectivity index (χ2n) is 12.7. The van der Waals surface area contributed by atoms with Crippen LogP contribution in [0.2, 0.25) is 0 Å². The normalized spacial score (nSPS) is 11.5. The van der Waals surface area contributed by atoms with Gasteiger partial charge in [-0.05, 0) is 58.7 Å². The van der Waals surface area contributed by atoms with E-state index in [2.05, 4.69) is 120 Å². The molecule has 10 aromatic rings. The molecule has 3 heterocycles. The maximum atomic E-state index is 6.25. The van der Waals surface area contributed by atoms with Crippen molar-refractivity contribution in [1.29, 1.82) is 0 Å². The van der Waals surface area contributed by atoms with E-state index in [0.29, 0.717) is 23.5 Å². The van der Waals surface area contributed by atoms with Crippen LogP contribution in [0.1, 0.15) is 0 Å². The molecular weight excluding hydrogens is 639 g/mol. The van der Waals surface area contributed by atoms with E-state index in [1.165, 1.54) is 5.56 Å². The average molecular weight is 668 g/mol. The first-order chi connectivity index (χ1) is 25.7. The fraction of sp³-hybridized carbons (Fsp3) is 0. The standard InChI is InChI=1S/C46H29N5O/c1-3-12-30(13-4-1)31-22-24-33(25-23-31)44-48-43(32-14-5-2-6-15-32)49-45(50-44)36-17-11-16-34(28-36)35-26-27-41-38(29-35)37-18-7-9-20-40(37)51(41)46-47-39-19-8-10-21-42(39)52-46/h1-29H. The summed E-state index contributed by atoms with van der Waals surface area (Å²) < 4.78 is 8.36. The molecule has 7 aromatic carbocycles. The largest absolute Gasteiger partial charge is 0.423 e. The van der Waals surface area contributed by atoms with Crippen molar-refractivity contribution in [2.24, 2.45) is 0 Å². The summed E-state index contributed by atoms with van der Waals surface area (Å²) in [5, 5.41) is 2.25. The molecule has 0 saturated heterocycles. The van der Waals surface area contributed by atoms with Crippen LogP contribution in [0.5, 0.6) is 0 Å². The molecule has 0 aliphatic carbocycles. The number of fused-ring (bicyclic) bond motifs is 4. The van der Waals surface area contributed by atoms with Crippen LogP contribution >= 0.6 is 0 Å². The fourth-order valence-electron chi connectivity index (χ4n) is 6.94. The molecule has 0 aliphatic heterocycles. The monoisotopic (exact) mass is 667 g/mol. The molecule has 0 radical (unpaired) electrons. The number of para-hydroxylation sites is 3. The molecule has 0 saturated carbocycles. The van der Waals surface area contributed by atoms with Gasteiger partial charge in [0.2, 0.25) is 0 Å². The molecule has 0 amide bonds. The summed E-state index contributed by atoms with van der Waals surface area (Å²) in [6.07, 6.45) is 0. The van der Waals surface area contributed by atoms with E-state index in [-0.39, 0.29) is 0 Å². The minimum atomic E-state index is 0.553. The molecule has 52 heavy (non-hydrogen) atoms. The Morgan fingerprint density at radius 1 is 0.346 bits per heavy atom. The number of hydrogen-bond donors (Lipinski definition) is 0. The highest BCUT2D eigenvalue weighted by Crippen LogP contribution is 2.36. The van der Waals surface area contributed by atoms with Crippen LogP contribution in [0.3, 0.4) is 0 Å². The van der Waals surface area contributed by atoms with Gasteiger partial charge in [-0.25, -0.2) is 15.0 Å². The number of oxazole rings is 1. The van der Waals surface area contributed by atoms with Crippen molar-refractivity contribution in [3.63, 3.8) is 0 Å². The Balaban J connectivity index is 1.07. The fourth-order valence-corrected chi connectivity index (χ4v) is 6.94. The highest BCUT2D eigenvalue weighted by Gasteiger charge is 2.18. The van der Waals surface area contributed by atoms with Gasteiger partial charge in [0.1, 0.15) is 5.52 Å². The Kier molecular flexibility index (Phi) is 7.03. The third-order valence-electron chi connectivity index (χ3n) is 9.52. The van der Waals surface area contributed by atoms with E-state index in [9.17, 15) is 0 Å². The van der Waals surface area contributed by atoms with Gasteiger partial charge in [-0.1, -0.05) is 140 Å². The Labute approximate surface area is 299 Å². The van der Waals surface area contributed by atoms with Gasteiger partial charge >= 0.3 is 6.01 Å². The van der Waals surface area contributed by atoms with Gasteiger partial charge in [0, 0.05) is 27.5 Å². The van der Waals surface area contributed by atoms with Crippen LogP contribution in [0, 0.1) is 0 Å². The summed E-state index contributed by atoms with van der Waals surface area (Å²) in [5.41, 5.74) is 10.9. The summed E-state index contributed by atoms with van der Waals surface area (Å²) in [6.45, 7) is 0. The van der Waals surface area contributed by atoms with Gasteiger partial charge in [-0.3, -0.25) is 4.57 Å². The van der Waals surface area contributed by atoms with E-state index in [4.69, 9.17) is 24.4 Å². The van der Waals surface area contributed by atoms with Crippen molar-refractivity contribution in [2.45, 2.75) is 0 Å². The quantitative estimate of drug-likeness (QED) is 0.176. The van der Waals surface area contributed by atoms with Crippen molar-refractivity contribution in [3.8, 4) is 62.4 Å². The summed E-state index contributed by atoms with van der Waals surface area (Å²) in [7, 11) is 0. The van der Waals surface area contributed by atoms with Gasteiger partial charge < -0.3 is 4.42 Å². The second-order valence-corrected chi connectivity index (χ2v) is 12.7. The molecule has 10 rings (SSSR count). The predicted molar refractivity (Wildman–Crippen MR) is 209 cm³/mol. The van der Waals surface area contributed by atoms with E-state index >= 15 is 0 Å². The zero-order chi connectivity index (χ0) is 34.4. The molecule has 3 aromatic heterocycles. The maximum Gasteiger partial charge on any atom is 0.307 e. The molecule has 0 atom stereocenters. The van der Waals surface area contributed by atoms with Crippen LogP contribution in [-0.4, -0.2) is 24.5 Å². The van der Waals surface area contributed by atoms with E-state index in [1.807, 2.05) is 60.7 Å². The van der Waals surface area contributed by atoms with Gasteiger partial charge in [0.15, 0.2) is 23.1 Å². The highest BCUT2D eigenvalue weighted by molar-refractivity contribution is 6.10. The van der Waals surface area contributed by atoms with Gasteiger partial charge in [-0.2, -0.15) is 4.98 Å². The molecule has 0 spiro atoms.